The zero-order chi connectivity index (χ0) is 17.2. The van der Waals surface area contributed by atoms with Crippen LogP contribution < -0.4 is 5.32 Å². The number of rotatable bonds is 6. The molecule has 1 aromatic carbocycles. The highest BCUT2D eigenvalue weighted by Crippen LogP contribution is 2.38. The number of carbonyl (C=O) groups is 1. The molecule has 25 heavy (non-hydrogen) atoms. The van der Waals surface area contributed by atoms with E-state index >= 15 is 0 Å². The van der Waals surface area contributed by atoms with Crippen LogP contribution in [0.4, 0.5) is 5.69 Å². The van der Waals surface area contributed by atoms with E-state index in [4.69, 9.17) is 4.52 Å². The van der Waals surface area contributed by atoms with Gasteiger partial charge in [0.2, 0.25) is 5.89 Å². The van der Waals surface area contributed by atoms with Gasteiger partial charge >= 0.3 is 0 Å². The number of hydrogen-bond acceptors (Lipinski definition) is 6. The monoisotopic (exact) mass is 342 g/mol. The van der Waals surface area contributed by atoms with Gasteiger partial charge in [-0.1, -0.05) is 17.3 Å². The topological polar surface area (TPSA) is 91.5 Å². The van der Waals surface area contributed by atoms with Gasteiger partial charge in [0.1, 0.15) is 0 Å². The average molecular weight is 342 g/mol. The first kappa shape index (κ1) is 16.1. The summed E-state index contributed by atoms with van der Waals surface area (Å²) in [6, 6.07) is 7.32. The summed E-state index contributed by atoms with van der Waals surface area (Å²) in [6.45, 7) is 1.08. The molecule has 7 nitrogen and oxygen atoms in total. The van der Waals surface area contributed by atoms with Crippen LogP contribution in [0.15, 0.2) is 28.8 Å². The molecule has 0 radical (unpaired) electrons. The van der Waals surface area contributed by atoms with E-state index in [0.29, 0.717) is 30.5 Å². The number of aromatic nitrogens is 2. The zero-order valence-electron chi connectivity index (χ0n) is 14.0. The van der Waals surface area contributed by atoms with Crippen molar-refractivity contribution in [3.63, 3.8) is 0 Å². The van der Waals surface area contributed by atoms with Crippen molar-refractivity contribution in [3.05, 3.63) is 41.5 Å². The fraction of sp³-hybridized carbons (Fsp3) is 0.500. The molecule has 1 aliphatic heterocycles. The number of nitrogens with one attached hydrogen (secondary N) is 1. The second-order valence-corrected chi connectivity index (χ2v) is 6.70. The standard InChI is InChI=1S/C18H22N4O3/c23-11-13-4-3-9-22(13)18(24)14-5-1-2-6-15(14)19-10-16-20-17(21-25-16)12-7-8-12/h1-2,5-6,12-13,19,23H,3-4,7-11H2. The Hall–Kier alpha value is -2.41. The number of para-hydroxylation sites is 1. The molecule has 2 fully saturated rings. The van der Waals surface area contributed by atoms with Crippen LogP contribution in [0.25, 0.3) is 0 Å². The van der Waals surface area contributed by atoms with Crippen molar-refractivity contribution in [3.8, 4) is 0 Å². The predicted octanol–water partition coefficient (Wildman–Crippen LogP) is 2.16. The fourth-order valence-corrected chi connectivity index (χ4v) is 3.29. The maximum absolute atomic E-state index is 12.9. The number of benzene rings is 1. The second kappa shape index (κ2) is 6.84. The molecule has 0 bridgehead atoms. The first-order chi connectivity index (χ1) is 12.3. The van der Waals surface area contributed by atoms with Crippen LogP contribution in [0.1, 0.15) is 53.7 Å². The first-order valence-electron chi connectivity index (χ1n) is 8.83. The van der Waals surface area contributed by atoms with Crippen LogP contribution in [0.3, 0.4) is 0 Å². The molecule has 4 rings (SSSR count). The third-order valence-corrected chi connectivity index (χ3v) is 4.86. The van der Waals surface area contributed by atoms with E-state index in [1.165, 1.54) is 0 Å². The van der Waals surface area contributed by atoms with Crippen molar-refractivity contribution in [2.45, 2.75) is 44.2 Å². The molecule has 1 aliphatic carbocycles. The van der Waals surface area contributed by atoms with E-state index in [-0.39, 0.29) is 18.6 Å². The van der Waals surface area contributed by atoms with Gasteiger partial charge < -0.3 is 19.8 Å². The molecule has 1 unspecified atom stereocenters. The number of hydrogen-bond donors (Lipinski definition) is 2. The lowest BCUT2D eigenvalue weighted by atomic mass is 10.1. The molecular weight excluding hydrogens is 320 g/mol. The molecule has 1 saturated carbocycles. The van der Waals surface area contributed by atoms with E-state index in [0.717, 1.165) is 37.2 Å². The highest BCUT2D eigenvalue weighted by molar-refractivity contribution is 5.99. The molecule has 2 aromatic rings. The van der Waals surface area contributed by atoms with Gasteiger partial charge in [-0.15, -0.1) is 0 Å². The van der Waals surface area contributed by atoms with Crippen molar-refractivity contribution in [1.29, 1.82) is 0 Å². The van der Waals surface area contributed by atoms with E-state index in [9.17, 15) is 9.90 Å². The smallest absolute Gasteiger partial charge is 0.256 e. The van der Waals surface area contributed by atoms with Crippen LogP contribution in [0.2, 0.25) is 0 Å². The van der Waals surface area contributed by atoms with E-state index < -0.39 is 0 Å². The minimum absolute atomic E-state index is 0.00721. The SMILES string of the molecule is O=C(c1ccccc1NCc1nc(C2CC2)no1)N1CCCC1CO. The van der Waals surface area contributed by atoms with Gasteiger partial charge in [0.05, 0.1) is 24.8 Å². The summed E-state index contributed by atoms with van der Waals surface area (Å²) in [5.41, 5.74) is 1.34. The maximum atomic E-state index is 12.9. The Bertz CT molecular complexity index is 756. The summed E-state index contributed by atoms with van der Waals surface area (Å²) in [5.74, 6) is 1.71. The quantitative estimate of drug-likeness (QED) is 0.836. The second-order valence-electron chi connectivity index (χ2n) is 6.70. The number of likely N-dealkylation sites (tertiary alicyclic amines) is 1. The summed E-state index contributed by atoms with van der Waals surface area (Å²) in [6.07, 6.45) is 4.04. The van der Waals surface area contributed by atoms with Crippen molar-refractivity contribution in [2.24, 2.45) is 0 Å². The Morgan fingerprint density at radius 3 is 2.96 bits per heavy atom. The Morgan fingerprint density at radius 1 is 1.32 bits per heavy atom. The Balaban J connectivity index is 1.47. The van der Waals surface area contributed by atoms with Gasteiger partial charge in [-0.25, -0.2) is 0 Å². The Labute approximate surface area is 146 Å². The molecular formula is C18H22N4O3. The van der Waals surface area contributed by atoms with Crippen LogP contribution >= 0.6 is 0 Å². The van der Waals surface area contributed by atoms with E-state index in [1.54, 1.807) is 11.0 Å². The number of carbonyl (C=O) groups excluding carboxylic acids is 1. The van der Waals surface area contributed by atoms with Crippen LogP contribution in [0.5, 0.6) is 0 Å². The van der Waals surface area contributed by atoms with Gasteiger partial charge in [0, 0.05) is 18.2 Å². The number of nitrogens with zero attached hydrogens (tertiary/aromatic N) is 3. The predicted molar refractivity (Wildman–Crippen MR) is 91.2 cm³/mol. The molecule has 1 saturated heterocycles. The summed E-state index contributed by atoms with van der Waals surface area (Å²) >= 11 is 0. The number of aliphatic hydroxyl groups excluding tert-OH is 1. The van der Waals surface area contributed by atoms with Gasteiger partial charge in [0.15, 0.2) is 5.82 Å². The average Bonchev–Trinajstić information content (AvgIpc) is 3.20. The molecule has 7 heteroatoms. The minimum atomic E-state index is -0.0856. The first-order valence-corrected chi connectivity index (χ1v) is 8.83. The minimum Gasteiger partial charge on any atom is -0.394 e. The zero-order valence-corrected chi connectivity index (χ0v) is 14.0. The highest BCUT2D eigenvalue weighted by Gasteiger charge is 2.30. The maximum Gasteiger partial charge on any atom is 0.256 e. The van der Waals surface area contributed by atoms with Crippen molar-refractivity contribution in [2.75, 3.05) is 18.5 Å². The van der Waals surface area contributed by atoms with Gasteiger partial charge in [-0.05, 0) is 37.8 Å². The van der Waals surface area contributed by atoms with Crippen LogP contribution in [-0.4, -0.2) is 45.2 Å². The normalized spacial score (nSPS) is 20.0. The number of aliphatic hydroxyl groups is 1. The molecule has 1 atom stereocenters. The molecule has 2 heterocycles. The summed E-state index contributed by atoms with van der Waals surface area (Å²) in [7, 11) is 0. The lowest BCUT2D eigenvalue weighted by molar-refractivity contribution is 0.0678. The number of amides is 1. The largest absolute Gasteiger partial charge is 0.394 e. The molecule has 0 spiro atoms. The van der Waals surface area contributed by atoms with E-state index in [2.05, 4.69) is 15.5 Å². The summed E-state index contributed by atoms with van der Waals surface area (Å²) in [4.78, 5) is 19.0. The Morgan fingerprint density at radius 2 is 2.16 bits per heavy atom. The summed E-state index contributed by atoms with van der Waals surface area (Å²) < 4.78 is 5.27. The molecule has 2 aliphatic rings. The van der Waals surface area contributed by atoms with E-state index in [1.807, 2.05) is 18.2 Å². The fourth-order valence-electron chi connectivity index (χ4n) is 3.29. The molecule has 1 aromatic heterocycles. The highest BCUT2D eigenvalue weighted by atomic mass is 16.5. The molecule has 1 amide bonds. The third-order valence-electron chi connectivity index (χ3n) is 4.86. The van der Waals surface area contributed by atoms with Gasteiger partial charge in [0.25, 0.3) is 5.91 Å². The van der Waals surface area contributed by atoms with Crippen molar-refractivity contribution < 1.29 is 14.4 Å². The molecule has 2 N–H and O–H groups in total. The van der Waals surface area contributed by atoms with Crippen molar-refractivity contribution in [1.82, 2.24) is 15.0 Å². The third kappa shape index (κ3) is 3.37. The van der Waals surface area contributed by atoms with Crippen molar-refractivity contribution >= 4 is 11.6 Å². The van der Waals surface area contributed by atoms with Crippen LogP contribution in [0, 0.1) is 0 Å². The Kier molecular flexibility index (Phi) is 4.40. The molecule has 132 valence electrons. The lowest BCUT2D eigenvalue weighted by Gasteiger charge is -2.24. The van der Waals surface area contributed by atoms with Gasteiger partial charge in [-0.2, -0.15) is 4.98 Å². The summed E-state index contributed by atoms with van der Waals surface area (Å²) in [5, 5.41) is 16.7. The van der Waals surface area contributed by atoms with Gasteiger partial charge in [-0.3, -0.25) is 4.79 Å². The lowest BCUT2D eigenvalue weighted by Crippen LogP contribution is -2.37. The van der Waals surface area contributed by atoms with Crippen LogP contribution in [-0.2, 0) is 6.54 Å². The number of anilines is 1.